The largest absolute Gasteiger partial charge is 0.361 e. The van der Waals surface area contributed by atoms with Gasteiger partial charge >= 0.3 is 11.8 Å². The summed E-state index contributed by atoms with van der Waals surface area (Å²) in [5.41, 5.74) is 4.83. The van der Waals surface area contributed by atoms with Gasteiger partial charge in [-0.2, -0.15) is 11.8 Å². The van der Waals surface area contributed by atoms with E-state index < -0.39 is 11.8 Å². The van der Waals surface area contributed by atoms with Crippen molar-refractivity contribution in [3.63, 3.8) is 0 Å². The van der Waals surface area contributed by atoms with E-state index in [0.29, 0.717) is 13.1 Å². The zero-order chi connectivity index (χ0) is 8.27. The van der Waals surface area contributed by atoms with Crippen LogP contribution >= 0.6 is 11.8 Å². The fraction of sp³-hybridized carbons (Fsp3) is 0.667. The molecule has 0 bridgehead atoms. The predicted octanol–water partition coefficient (Wildman–Crippen LogP) is -0.953. The Bertz CT molecular complexity index is 177. The van der Waals surface area contributed by atoms with Gasteiger partial charge in [-0.3, -0.25) is 9.59 Å². The van der Waals surface area contributed by atoms with Crippen LogP contribution in [-0.2, 0) is 9.59 Å². The Morgan fingerprint density at radius 3 is 2.27 bits per heavy atom. The van der Waals surface area contributed by atoms with E-state index in [1.165, 1.54) is 4.90 Å². The Kier molecular flexibility index (Phi) is 2.76. The second kappa shape index (κ2) is 3.61. The van der Waals surface area contributed by atoms with E-state index in [1.54, 1.807) is 11.8 Å². The molecule has 1 aliphatic heterocycles. The molecule has 1 rings (SSSR count). The van der Waals surface area contributed by atoms with Gasteiger partial charge in [0.05, 0.1) is 0 Å². The predicted molar refractivity (Wildman–Crippen MR) is 43.1 cm³/mol. The summed E-state index contributed by atoms with van der Waals surface area (Å²) in [4.78, 5) is 22.9. The molecule has 0 radical (unpaired) electrons. The van der Waals surface area contributed by atoms with E-state index in [0.717, 1.165) is 11.5 Å². The number of hydrogen-bond donors (Lipinski definition) is 1. The van der Waals surface area contributed by atoms with Gasteiger partial charge in [0.25, 0.3) is 0 Å². The van der Waals surface area contributed by atoms with Gasteiger partial charge in [0, 0.05) is 24.6 Å². The lowest BCUT2D eigenvalue weighted by Crippen LogP contribution is -2.44. The van der Waals surface area contributed by atoms with Crippen LogP contribution in [0.4, 0.5) is 0 Å². The first-order valence-corrected chi connectivity index (χ1v) is 4.54. The number of rotatable bonds is 0. The molecule has 1 heterocycles. The number of nitrogens with two attached hydrogens (primary N) is 1. The third-order valence-corrected chi connectivity index (χ3v) is 2.45. The van der Waals surface area contributed by atoms with Gasteiger partial charge in [-0.05, 0) is 0 Å². The Labute approximate surface area is 69.1 Å². The Balaban J connectivity index is 2.45. The van der Waals surface area contributed by atoms with Crippen molar-refractivity contribution in [3.05, 3.63) is 0 Å². The zero-order valence-electron chi connectivity index (χ0n) is 6.08. The fourth-order valence-corrected chi connectivity index (χ4v) is 1.83. The van der Waals surface area contributed by atoms with Crippen LogP contribution < -0.4 is 5.73 Å². The third-order valence-electron chi connectivity index (χ3n) is 1.51. The molecule has 2 N–H and O–H groups in total. The van der Waals surface area contributed by atoms with Crippen molar-refractivity contribution in [2.45, 2.75) is 0 Å². The summed E-state index contributed by atoms with van der Waals surface area (Å²) in [5, 5.41) is 0. The molecule has 5 heteroatoms. The van der Waals surface area contributed by atoms with Crippen molar-refractivity contribution in [3.8, 4) is 0 Å². The lowest BCUT2D eigenvalue weighted by molar-refractivity contribution is -0.143. The van der Waals surface area contributed by atoms with Crippen LogP contribution in [0.5, 0.6) is 0 Å². The van der Waals surface area contributed by atoms with E-state index in [9.17, 15) is 9.59 Å². The van der Waals surface area contributed by atoms with Crippen LogP contribution in [0, 0.1) is 0 Å². The topological polar surface area (TPSA) is 63.4 Å². The molecule has 0 aromatic carbocycles. The monoisotopic (exact) mass is 174 g/mol. The van der Waals surface area contributed by atoms with E-state index in [2.05, 4.69) is 0 Å². The van der Waals surface area contributed by atoms with Gasteiger partial charge in [0.15, 0.2) is 0 Å². The van der Waals surface area contributed by atoms with E-state index in [4.69, 9.17) is 5.73 Å². The number of thioether (sulfide) groups is 1. The van der Waals surface area contributed by atoms with Crippen molar-refractivity contribution in [1.82, 2.24) is 4.90 Å². The number of nitrogens with zero attached hydrogens (tertiary/aromatic N) is 1. The van der Waals surface area contributed by atoms with Crippen LogP contribution in [0.25, 0.3) is 0 Å². The van der Waals surface area contributed by atoms with Crippen molar-refractivity contribution < 1.29 is 9.59 Å². The zero-order valence-corrected chi connectivity index (χ0v) is 6.89. The molecule has 1 aliphatic rings. The molecule has 0 aromatic rings. The van der Waals surface area contributed by atoms with Gasteiger partial charge in [-0.15, -0.1) is 0 Å². The number of carbonyl (C=O) groups is 2. The average molecular weight is 174 g/mol. The maximum Gasteiger partial charge on any atom is 0.311 e. The van der Waals surface area contributed by atoms with Crippen LogP contribution in [0.15, 0.2) is 0 Å². The summed E-state index contributed by atoms with van der Waals surface area (Å²) < 4.78 is 0. The van der Waals surface area contributed by atoms with Crippen molar-refractivity contribution in [2.75, 3.05) is 24.6 Å². The molecule has 0 unspecified atom stereocenters. The Morgan fingerprint density at radius 2 is 1.82 bits per heavy atom. The maximum atomic E-state index is 10.9. The molecule has 1 fully saturated rings. The summed E-state index contributed by atoms with van der Waals surface area (Å²) in [5.74, 6) is 0.403. The van der Waals surface area contributed by atoms with E-state index in [1.807, 2.05) is 0 Å². The number of hydrogen-bond acceptors (Lipinski definition) is 3. The second-order valence-corrected chi connectivity index (χ2v) is 3.49. The molecule has 1 saturated heterocycles. The van der Waals surface area contributed by atoms with Gasteiger partial charge in [-0.1, -0.05) is 0 Å². The molecule has 4 nitrogen and oxygen atoms in total. The fourth-order valence-electron chi connectivity index (χ4n) is 0.922. The highest BCUT2D eigenvalue weighted by atomic mass is 32.2. The SMILES string of the molecule is NC(=O)C(=O)N1CCSCC1. The molecule has 0 saturated carbocycles. The quantitative estimate of drug-likeness (QED) is 0.481. The normalized spacial score (nSPS) is 18.0. The Hall–Kier alpha value is -0.710. The molecule has 0 aromatic heterocycles. The van der Waals surface area contributed by atoms with Crippen LogP contribution in [0.3, 0.4) is 0 Å². The standard InChI is InChI=1S/C6H10N2O2S/c7-5(9)6(10)8-1-3-11-4-2-8/h1-4H2,(H2,7,9). The minimum Gasteiger partial charge on any atom is -0.361 e. The van der Waals surface area contributed by atoms with Crippen LogP contribution in [0.1, 0.15) is 0 Å². The molecular weight excluding hydrogens is 164 g/mol. The lowest BCUT2D eigenvalue weighted by Gasteiger charge is -2.24. The summed E-state index contributed by atoms with van der Waals surface area (Å²) in [6, 6.07) is 0. The van der Waals surface area contributed by atoms with E-state index >= 15 is 0 Å². The first-order chi connectivity index (χ1) is 5.22. The molecule has 2 amide bonds. The molecule has 0 aliphatic carbocycles. The summed E-state index contributed by atoms with van der Waals surface area (Å²) >= 11 is 1.78. The lowest BCUT2D eigenvalue weighted by atomic mass is 10.4. The summed E-state index contributed by atoms with van der Waals surface area (Å²) in [6.07, 6.45) is 0. The second-order valence-electron chi connectivity index (χ2n) is 2.27. The molecular formula is C6H10N2O2S. The van der Waals surface area contributed by atoms with Crippen molar-refractivity contribution >= 4 is 23.6 Å². The van der Waals surface area contributed by atoms with Crippen LogP contribution in [0.2, 0.25) is 0 Å². The van der Waals surface area contributed by atoms with E-state index in [-0.39, 0.29) is 0 Å². The summed E-state index contributed by atoms with van der Waals surface area (Å²) in [6.45, 7) is 1.29. The average Bonchev–Trinajstić information content (AvgIpc) is 2.05. The first kappa shape index (κ1) is 8.39. The van der Waals surface area contributed by atoms with Crippen molar-refractivity contribution in [2.24, 2.45) is 5.73 Å². The summed E-state index contributed by atoms with van der Waals surface area (Å²) in [7, 11) is 0. The molecule has 11 heavy (non-hydrogen) atoms. The smallest absolute Gasteiger partial charge is 0.311 e. The van der Waals surface area contributed by atoms with Gasteiger partial charge in [0.1, 0.15) is 0 Å². The highest BCUT2D eigenvalue weighted by molar-refractivity contribution is 7.99. The number of carbonyl (C=O) groups excluding carboxylic acids is 2. The Morgan fingerprint density at radius 1 is 1.27 bits per heavy atom. The minimum absolute atomic E-state index is 0.551. The van der Waals surface area contributed by atoms with Gasteiger partial charge in [0.2, 0.25) is 0 Å². The highest BCUT2D eigenvalue weighted by Crippen LogP contribution is 2.08. The third kappa shape index (κ3) is 2.11. The number of amides is 2. The highest BCUT2D eigenvalue weighted by Gasteiger charge is 2.20. The molecule has 0 spiro atoms. The van der Waals surface area contributed by atoms with Gasteiger partial charge < -0.3 is 10.6 Å². The minimum atomic E-state index is -0.850. The van der Waals surface area contributed by atoms with Gasteiger partial charge in [-0.25, -0.2) is 0 Å². The maximum absolute atomic E-state index is 10.9. The molecule has 62 valence electrons. The van der Waals surface area contributed by atoms with Crippen molar-refractivity contribution in [1.29, 1.82) is 0 Å². The van der Waals surface area contributed by atoms with Crippen LogP contribution in [-0.4, -0.2) is 41.3 Å². The molecule has 0 atom stereocenters. The number of primary amides is 1. The first-order valence-electron chi connectivity index (χ1n) is 3.38.